The summed E-state index contributed by atoms with van der Waals surface area (Å²) in [5, 5.41) is -0.568. The molecule has 0 aromatic rings. The molecule has 0 bridgehead atoms. The topological polar surface area (TPSA) is 76.2 Å². The lowest BCUT2D eigenvalue weighted by molar-refractivity contribution is -0.184. The molecule has 0 aromatic heterocycles. The number of ether oxygens (including phenoxy) is 2. The molecule has 3 aliphatic heterocycles. The Labute approximate surface area is 151 Å². The lowest BCUT2D eigenvalue weighted by Gasteiger charge is -2.53. The van der Waals surface area contributed by atoms with E-state index in [1.54, 1.807) is 0 Å². The average molecular weight is 394 g/mol. The summed E-state index contributed by atoms with van der Waals surface area (Å²) in [5.74, 6) is -3.80. The Morgan fingerprint density at radius 1 is 1.15 bits per heavy atom. The van der Waals surface area contributed by atoms with Crippen LogP contribution in [-0.4, -0.2) is 99.2 Å². The number of halogens is 2. The van der Waals surface area contributed by atoms with Crippen LogP contribution in [0.25, 0.3) is 0 Å². The van der Waals surface area contributed by atoms with Crippen LogP contribution in [0.4, 0.5) is 8.78 Å². The van der Waals surface area contributed by atoms with Gasteiger partial charge in [-0.3, -0.25) is 9.69 Å². The van der Waals surface area contributed by atoms with E-state index in [4.69, 9.17) is 9.47 Å². The number of amides is 1. The Morgan fingerprint density at radius 2 is 1.81 bits per heavy atom. The van der Waals surface area contributed by atoms with Crippen LogP contribution in [-0.2, 0) is 24.1 Å². The molecule has 3 saturated heterocycles. The third-order valence-corrected chi connectivity index (χ3v) is 8.05. The van der Waals surface area contributed by atoms with E-state index in [-0.39, 0.29) is 31.4 Å². The Morgan fingerprint density at radius 3 is 2.38 bits per heavy atom. The first kappa shape index (κ1) is 18.5. The van der Waals surface area contributed by atoms with E-state index >= 15 is 0 Å². The largest absolute Gasteiger partial charge is 0.379 e. The van der Waals surface area contributed by atoms with Gasteiger partial charge in [0, 0.05) is 38.4 Å². The molecule has 7 nitrogen and oxygen atoms in total. The molecule has 0 radical (unpaired) electrons. The number of sulfone groups is 1. The molecule has 4 aliphatic rings. The van der Waals surface area contributed by atoms with Crippen LogP contribution in [0.2, 0.25) is 0 Å². The second-order valence-electron chi connectivity index (χ2n) is 7.99. The first-order chi connectivity index (χ1) is 12.2. The summed E-state index contributed by atoms with van der Waals surface area (Å²) in [6, 6.07) is 0. The highest BCUT2D eigenvalue weighted by molar-refractivity contribution is 7.92. The third-order valence-electron chi connectivity index (χ3n) is 5.82. The lowest BCUT2D eigenvalue weighted by atomic mass is 9.79. The Kier molecular flexibility index (Phi) is 4.53. The van der Waals surface area contributed by atoms with E-state index in [1.807, 2.05) is 0 Å². The summed E-state index contributed by atoms with van der Waals surface area (Å²) in [6.07, 6.45) is -0.813. The van der Waals surface area contributed by atoms with Crippen LogP contribution in [0.5, 0.6) is 0 Å². The van der Waals surface area contributed by atoms with Gasteiger partial charge >= 0.3 is 0 Å². The van der Waals surface area contributed by atoms with Crippen LogP contribution in [0, 0.1) is 5.92 Å². The number of hydrogen-bond acceptors (Lipinski definition) is 6. The molecule has 4 rings (SSSR count). The number of hydrogen-bond donors (Lipinski definition) is 0. The summed E-state index contributed by atoms with van der Waals surface area (Å²) in [4.78, 5) is 15.7. The molecular formula is C16H24F2N2O5S. The zero-order chi connectivity index (χ0) is 18.6. The molecule has 0 unspecified atom stereocenters. The molecule has 1 spiro atoms. The van der Waals surface area contributed by atoms with Crippen LogP contribution in [0.15, 0.2) is 0 Å². The fourth-order valence-electron chi connectivity index (χ4n) is 4.22. The van der Waals surface area contributed by atoms with E-state index < -0.39 is 45.4 Å². The maximum atomic E-state index is 12.9. The summed E-state index contributed by atoms with van der Waals surface area (Å²) in [7, 11) is -3.34. The smallest absolute Gasteiger partial charge is 0.249 e. The normalized spacial score (nSPS) is 33.5. The van der Waals surface area contributed by atoms with E-state index in [9.17, 15) is 22.0 Å². The maximum absolute atomic E-state index is 12.9. The van der Waals surface area contributed by atoms with Crippen molar-refractivity contribution in [1.82, 2.24) is 9.80 Å². The fraction of sp³-hybridized carbons (Fsp3) is 0.938. The number of alkyl halides is 2. The number of likely N-dealkylation sites (tertiary alicyclic amines) is 1. The first-order valence-electron chi connectivity index (χ1n) is 9.00. The lowest BCUT2D eigenvalue weighted by Crippen LogP contribution is -2.72. The van der Waals surface area contributed by atoms with Crippen molar-refractivity contribution >= 4 is 15.7 Å². The van der Waals surface area contributed by atoms with Gasteiger partial charge in [0.05, 0.1) is 43.9 Å². The van der Waals surface area contributed by atoms with Crippen molar-refractivity contribution < 1.29 is 31.5 Å². The molecule has 1 atom stereocenters. The van der Waals surface area contributed by atoms with Crippen LogP contribution in [0.3, 0.4) is 0 Å². The average Bonchev–Trinajstić information content (AvgIpc) is 2.52. The minimum Gasteiger partial charge on any atom is -0.379 e. The Bertz CT molecular complexity index is 666. The molecule has 148 valence electrons. The maximum Gasteiger partial charge on any atom is 0.249 e. The van der Waals surface area contributed by atoms with E-state index in [0.717, 1.165) is 0 Å². The summed E-state index contributed by atoms with van der Waals surface area (Å²) < 4.78 is 62.4. The molecule has 1 aliphatic carbocycles. The van der Waals surface area contributed by atoms with Gasteiger partial charge in [0.25, 0.3) is 0 Å². The van der Waals surface area contributed by atoms with E-state index in [0.29, 0.717) is 32.8 Å². The predicted molar refractivity (Wildman–Crippen MR) is 87.8 cm³/mol. The number of morpholine rings is 1. The molecule has 0 aromatic carbocycles. The highest BCUT2D eigenvalue weighted by Crippen LogP contribution is 2.44. The third kappa shape index (κ3) is 3.48. The fourth-order valence-corrected chi connectivity index (χ4v) is 6.17. The van der Waals surface area contributed by atoms with Crippen molar-refractivity contribution in [2.75, 3.05) is 58.3 Å². The van der Waals surface area contributed by atoms with Gasteiger partial charge < -0.3 is 14.4 Å². The van der Waals surface area contributed by atoms with E-state index in [2.05, 4.69) is 4.90 Å². The van der Waals surface area contributed by atoms with Crippen molar-refractivity contribution in [2.45, 2.75) is 29.6 Å². The number of carbonyl (C=O) groups excluding carboxylic acids is 1. The molecule has 0 N–H and O–H groups in total. The molecule has 1 amide bonds. The van der Waals surface area contributed by atoms with Crippen molar-refractivity contribution in [1.29, 1.82) is 0 Å². The Hall–Kier alpha value is -0.840. The van der Waals surface area contributed by atoms with Gasteiger partial charge in [-0.25, -0.2) is 17.2 Å². The van der Waals surface area contributed by atoms with Gasteiger partial charge in [-0.05, 0) is 0 Å². The minimum absolute atomic E-state index is 0.111. The SMILES string of the molecule is O=C(C1CC(F)(F)C1)N1CC2(C1)CS(=O)(=O)[C@@H](CN1CCOCC1)CO2. The molecular weight excluding hydrogens is 370 g/mol. The molecule has 4 fully saturated rings. The second-order valence-corrected chi connectivity index (χ2v) is 10.3. The summed E-state index contributed by atoms with van der Waals surface area (Å²) >= 11 is 0. The predicted octanol–water partition coefficient (Wildman–Crippen LogP) is -0.241. The van der Waals surface area contributed by atoms with Gasteiger partial charge in [0.1, 0.15) is 5.60 Å². The van der Waals surface area contributed by atoms with Crippen LogP contribution < -0.4 is 0 Å². The zero-order valence-electron chi connectivity index (χ0n) is 14.5. The van der Waals surface area contributed by atoms with Gasteiger partial charge in [-0.15, -0.1) is 0 Å². The van der Waals surface area contributed by atoms with Crippen LogP contribution in [0.1, 0.15) is 12.8 Å². The van der Waals surface area contributed by atoms with Crippen LogP contribution >= 0.6 is 0 Å². The summed E-state index contributed by atoms with van der Waals surface area (Å²) in [5.41, 5.74) is -0.859. The van der Waals surface area contributed by atoms with Gasteiger partial charge in [-0.2, -0.15) is 0 Å². The second kappa shape index (κ2) is 6.35. The molecule has 26 heavy (non-hydrogen) atoms. The standard InChI is InChI=1S/C16H24F2N2O5S/c17-16(18)5-12(6-16)14(21)20-9-15(10-20)11-26(22,23)13(8-25-15)7-19-1-3-24-4-2-19/h12-13H,1-11H2/t13-/m0/s1. The van der Waals surface area contributed by atoms with E-state index in [1.165, 1.54) is 4.90 Å². The van der Waals surface area contributed by atoms with Gasteiger partial charge in [0.15, 0.2) is 9.84 Å². The molecule has 1 saturated carbocycles. The minimum atomic E-state index is -3.34. The van der Waals surface area contributed by atoms with Crippen molar-refractivity contribution in [3.63, 3.8) is 0 Å². The monoisotopic (exact) mass is 394 g/mol. The molecule has 10 heteroatoms. The number of rotatable bonds is 3. The highest BCUT2D eigenvalue weighted by atomic mass is 32.2. The number of nitrogens with zero attached hydrogens (tertiary/aromatic N) is 2. The molecule has 3 heterocycles. The summed E-state index contributed by atoms with van der Waals surface area (Å²) in [6.45, 7) is 3.54. The number of carbonyl (C=O) groups is 1. The van der Waals surface area contributed by atoms with Gasteiger partial charge in [0.2, 0.25) is 11.8 Å². The highest BCUT2D eigenvalue weighted by Gasteiger charge is 2.57. The Balaban J connectivity index is 1.30. The van der Waals surface area contributed by atoms with Crippen molar-refractivity contribution in [2.24, 2.45) is 5.92 Å². The quantitative estimate of drug-likeness (QED) is 0.658. The first-order valence-corrected chi connectivity index (χ1v) is 10.7. The van der Waals surface area contributed by atoms with Gasteiger partial charge in [-0.1, -0.05) is 0 Å². The van der Waals surface area contributed by atoms with Crippen molar-refractivity contribution in [3.8, 4) is 0 Å². The zero-order valence-corrected chi connectivity index (χ0v) is 15.3. The van der Waals surface area contributed by atoms with Crippen molar-refractivity contribution in [3.05, 3.63) is 0 Å².